The second-order valence-corrected chi connectivity index (χ2v) is 7.44. The maximum absolute atomic E-state index is 12.4. The SMILES string of the molecule is O=C(Nc1ccc([N+](=O)[O-])cc1)c1cccc(NS(=O)(=O)c2ccccc2)c1. The molecule has 3 aromatic rings. The number of nitro groups is 1. The summed E-state index contributed by atoms with van der Waals surface area (Å²) in [6.45, 7) is 0. The van der Waals surface area contributed by atoms with Crippen LogP contribution in [-0.4, -0.2) is 19.2 Å². The highest BCUT2D eigenvalue weighted by Crippen LogP contribution is 2.19. The number of amides is 1. The summed E-state index contributed by atoms with van der Waals surface area (Å²) in [7, 11) is -3.77. The van der Waals surface area contributed by atoms with Gasteiger partial charge in [-0.1, -0.05) is 24.3 Å². The quantitative estimate of drug-likeness (QED) is 0.486. The Morgan fingerprint density at radius 3 is 2.18 bits per heavy atom. The average molecular weight is 397 g/mol. The summed E-state index contributed by atoms with van der Waals surface area (Å²) in [6.07, 6.45) is 0. The minimum Gasteiger partial charge on any atom is -0.322 e. The fraction of sp³-hybridized carbons (Fsp3) is 0. The van der Waals surface area contributed by atoms with Crippen molar-refractivity contribution in [2.45, 2.75) is 4.90 Å². The first-order valence-corrected chi connectivity index (χ1v) is 9.57. The molecule has 3 aromatic carbocycles. The second kappa shape index (κ2) is 7.89. The van der Waals surface area contributed by atoms with E-state index >= 15 is 0 Å². The van der Waals surface area contributed by atoms with Gasteiger partial charge in [0.15, 0.2) is 0 Å². The van der Waals surface area contributed by atoms with Crippen LogP contribution in [0.15, 0.2) is 83.8 Å². The lowest BCUT2D eigenvalue weighted by Gasteiger charge is -2.10. The Hall–Kier alpha value is -3.72. The van der Waals surface area contributed by atoms with E-state index in [4.69, 9.17) is 0 Å². The van der Waals surface area contributed by atoms with Gasteiger partial charge in [0.05, 0.1) is 9.82 Å². The van der Waals surface area contributed by atoms with Gasteiger partial charge in [0.1, 0.15) is 0 Å². The normalized spacial score (nSPS) is 10.9. The van der Waals surface area contributed by atoms with Crippen LogP contribution >= 0.6 is 0 Å². The molecule has 2 N–H and O–H groups in total. The van der Waals surface area contributed by atoms with Crippen LogP contribution in [0.5, 0.6) is 0 Å². The molecule has 1 amide bonds. The van der Waals surface area contributed by atoms with Gasteiger partial charge in [-0.25, -0.2) is 8.42 Å². The van der Waals surface area contributed by atoms with Crippen LogP contribution in [0.4, 0.5) is 17.1 Å². The molecule has 0 spiro atoms. The zero-order valence-corrected chi connectivity index (χ0v) is 15.2. The number of non-ortho nitro benzene ring substituents is 1. The lowest BCUT2D eigenvalue weighted by molar-refractivity contribution is -0.384. The van der Waals surface area contributed by atoms with Gasteiger partial charge in [0.25, 0.3) is 21.6 Å². The van der Waals surface area contributed by atoms with Crippen LogP contribution in [-0.2, 0) is 10.0 Å². The summed E-state index contributed by atoms with van der Waals surface area (Å²) in [4.78, 5) is 22.6. The van der Waals surface area contributed by atoms with Gasteiger partial charge < -0.3 is 5.32 Å². The Kier molecular flexibility index (Phi) is 5.37. The van der Waals surface area contributed by atoms with E-state index in [2.05, 4.69) is 10.0 Å². The number of sulfonamides is 1. The maximum atomic E-state index is 12.4. The summed E-state index contributed by atoms with van der Waals surface area (Å²) >= 11 is 0. The number of carbonyl (C=O) groups is 1. The number of nitrogens with zero attached hydrogens (tertiary/aromatic N) is 1. The molecule has 28 heavy (non-hydrogen) atoms. The summed E-state index contributed by atoms with van der Waals surface area (Å²) in [5, 5.41) is 13.3. The third kappa shape index (κ3) is 4.51. The topological polar surface area (TPSA) is 118 Å². The molecule has 0 fully saturated rings. The van der Waals surface area contributed by atoms with Crippen LogP contribution in [0, 0.1) is 10.1 Å². The molecule has 0 aliphatic carbocycles. The number of hydrogen-bond acceptors (Lipinski definition) is 5. The molecule has 0 atom stereocenters. The number of carbonyl (C=O) groups excluding carboxylic acids is 1. The van der Waals surface area contributed by atoms with E-state index in [1.165, 1.54) is 54.6 Å². The van der Waals surface area contributed by atoms with Gasteiger partial charge in [0, 0.05) is 29.1 Å². The van der Waals surface area contributed by atoms with E-state index < -0.39 is 20.9 Å². The van der Waals surface area contributed by atoms with Crippen molar-refractivity contribution in [1.29, 1.82) is 0 Å². The average Bonchev–Trinajstić information content (AvgIpc) is 2.69. The van der Waals surface area contributed by atoms with Crippen LogP contribution < -0.4 is 10.0 Å². The predicted molar refractivity (Wildman–Crippen MR) is 105 cm³/mol. The summed E-state index contributed by atoms with van der Waals surface area (Å²) in [5.41, 5.74) is 0.757. The zero-order chi connectivity index (χ0) is 20.1. The van der Waals surface area contributed by atoms with Crippen LogP contribution in [0.3, 0.4) is 0 Å². The minimum atomic E-state index is -3.77. The predicted octanol–water partition coefficient (Wildman–Crippen LogP) is 3.65. The van der Waals surface area contributed by atoms with Crippen molar-refractivity contribution in [3.8, 4) is 0 Å². The third-order valence-corrected chi connectivity index (χ3v) is 5.16. The van der Waals surface area contributed by atoms with Crippen molar-refractivity contribution in [3.63, 3.8) is 0 Å². The molecule has 0 unspecified atom stereocenters. The molecule has 9 heteroatoms. The van der Waals surface area contributed by atoms with Crippen molar-refractivity contribution in [2.24, 2.45) is 0 Å². The van der Waals surface area contributed by atoms with Gasteiger partial charge in [-0.05, 0) is 42.5 Å². The van der Waals surface area contributed by atoms with Crippen molar-refractivity contribution in [1.82, 2.24) is 0 Å². The van der Waals surface area contributed by atoms with E-state index in [0.717, 1.165) is 0 Å². The van der Waals surface area contributed by atoms with Crippen molar-refractivity contribution >= 4 is 33.0 Å². The molecule has 0 heterocycles. The second-order valence-electron chi connectivity index (χ2n) is 5.76. The number of rotatable bonds is 6. The Labute approximate surface area is 161 Å². The largest absolute Gasteiger partial charge is 0.322 e. The molecule has 0 radical (unpaired) electrons. The Bertz CT molecular complexity index is 1110. The smallest absolute Gasteiger partial charge is 0.269 e. The van der Waals surface area contributed by atoms with Crippen LogP contribution in [0.25, 0.3) is 0 Å². The molecule has 0 saturated heterocycles. The van der Waals surface area contributed by atoms with Crippen LogP contribution in [0.2, 0.25) is 0 Å². The standard InChI is InChI=1S/C19H15N3O5S/c23-19(20-15-9-11-17(12-10-15)22(24)25)14-5-4-6-16(13-14)21-28(26,27)18-7-2-1-3-8-18/h1-13,21H,(H,20,23). The number of nitrogens with one attached hydrogen (secondary N) is 2. The fourth-order valence-corrected chi connectivity index (χ4v) is 3.48. The molecular weight excluding hydrogens is 382 g/mol. The Balaban J connectivity index is 1.75. The van der Waals surface area contributed by atoms with E-state index in [0.29, 0.717) is 5.69 Å². The molecule has 0 bridgehead atoms. The molecule has 0 aliphatic heterocycles. The first-order chi connectivity index (χ1) is 13.3. The lowest BCUT2D eigenvalue weighted by Crippen LogP contribution is -2.15. The maximum Gasteiger partial charge on any atom is 0.269 e. The molecular formula is C19H15N3O5S. The van der Waals surface area contributed by atoms with Gasteiger partial charge in [-0.15, -0.1) is 0 Å². The van der Waals surface area contributed by atoms with Crippen molar-refractivity contribution in [3.05, 3.63) is 94.5 Å². The Morgan fingerprint density at radius 1 is 0.857 bits per heavy atom. The van der Waals surface area contributed by atoms with Crippen molar-refractivity contribution < 1.29 is 18.1 Å². The highest BCUT2D eigenvalue weighted by Gasteiger charge is 2.15. The Morgan fingerprint density at radius 2 is 1.54 bits per heavy atom. The van der Waals surface area contributed by atoms with E-state index in [9.17, 15) is 23.3 Å². The van der Waals surface area contributed by atoms with Crippen molar-refractivity contribution in [2.75, 3.05) is 10.0 Å². The molecule has 0 aromatic heterocycles. The number of nitro benzene ring substituents is 1. The van der Waals surface area contributed by atoms with E-state index in [1.807, 2.05) is 0 Å². The van der Waals surface area contributed by atoms with Gasteiger partial charge in [0.2, 0.25) is 0 Å². The third-order valence-electron chi connectivity index (χ3n) is 3.77. The summed E-state index contributed by atoms with van der Waals surface area (Å²) in [5.74, 6) is -0.477. The summed E-state index contributed by atoms with van der Waals surface area (Å²) in [6, 6.07) is 19.3. The van der Waals surface area contributed by atoms with Gasteiger partial charge in [-0.2, -0.15) is 0 Å². The van der Waals surface area contributed by atoms with Crippen LogP contribution in [0.1, 0.15) is 10.4 Å². The lowest BCUT2D eigenvalue weighted by atomic mass is 10.2. The number of anilines is 2. The zero-order valence-electron chi connectivity index (χ0n) is 14.4. The molecule has 0 saturated carbocycles. The van der Waals surface area contributed by atoms with Gasteiger partial charge >= 0.3 is 0 Å². The van der Waals surface area contributed by atoms with E-state index in [1.54, 1.807) is 24.3 Å². The molecule has 3 rings (SSSR count). The monoisotopic (exact) mass is 397 g/mol. The van der Waals surface area contributed by atoms with Gasteiger partial charge in [-0.3, -0.25) is 19.6 Å². The minimum absolute atomic E-state index is 0.0877. The highest BCUT2D eigenvalue weighted by atomic mass is 32.2. The fourth-order valence-electron chi connectivity index (χ4n) is 2.41. The number of hydrogen-bond donors (Lipinski definition) is 2. The van der Waals surface area contributed by atoms with E-state index in [-0.39, 0.29) is 21.8 Å². The molecule has 8 nitrogen and oxygen atoms in total. The molecule has 0 aliphatic rings. The number of benzene rings is 3. The summed E-state index contributed by atoms with van der Waals surface area (Å²) < 4.78 is 27.2. The first kappa shape index (κ1) is 19.1. The first-order valence-electron chi connectivity index (χ1n) is 8.09. The highest BCUT2D eigenvalue weighted by molar-refractivity contribution is 7.92. The molecule has 142 valence electrons.